The molecule has 0 aromatic carbocycles. The van der Waals surface area contributed by atoms with Crippen LogP contribution in [0, 0.1) is 3.77 Å². The molecule has 2 aromatic rings. The van der Waals surface area contributed by atoms with Crippen LogP contribution in [-0.2, 0) is 0 Å². The average molecular weight is 288 g/mol. The molecular formula is C7H5IN4O. The van der Waals surface area contributed by atoms with E-state index in [4.69, 9.17) is 10.3 Å². The Hall–Kier alpha value is -1.18. The van der Waals surface area contributed by atoms with Gasteiger partial charge in [0.25, 0.3) is 0 Å². The van der Waals surface area contributed by atoms with Crippen LogP contribution in [0.5, 0.6) is 0 Å². The summed E-state index contributed by atoms with van der Waals surface area (Å²) in [4.78, 5) is 7.69. The van der Waals surface area contributed by atoms with E-state index in [0.29, 0.717) is 5.69 Å². The van der Waals surface area contributed by atoms with Crippen LogP contribution in [0.15, 0.2) is 23.0 Å². The molecule has 0 unspecified atom stereocenters. The lowest BCUT2D eigenvalue weighted by Gasteiger charge is -1.93. The van der Waals surface area contributed by atoms with Gasteiger partial charge in [-0.3, -0.25) is 0 Å². The molecule has 0 aliphatic rings. The van der Waals surface area contributed by atoms with E-state index in [1.807, 2.05) is 22.6 Å². The summed E-state index contributed by atoms with van der Waals surface area (Å²) < 4.78 is 5.63. The fraction of sp³-hybridized carbons (Fsp3) is 0. The number of hydrogen-bond acceptors (Lipinski definition) is 5. The van der Waals surface area contributed by atoms with E-state index in [1.54, 1.807) is 18.5 Å². The van der Waals surface area contributed by atoms with Gasteiger partial charge in [-0.1, -0.05) is 5.16 Å². The van der Waals surface area contributed by atoms with Gasteiger partial charge in [-0.25, -0.2) is 9.97 Å². The highest BCUT2D eigenvalue weighted by atomic mass is 127. The van der Waals surface area contributed by atoms with Gasteiger partial charge in [-0.15, -0.1) is 0 Å². The zero-order chi connectivity index (χ0) is 9.26. The molecule has 0 spiro atoms. The molecule has 0 saturated carbocycles. The van der Waals surface area contributed by atoms with Crippen molar-refractivity contribution in [3.8, 4) is 11.3 Å². The molecule has 66 valence electrons. The van der Waals surface area contributed by atoms with Crippen molar-refractivity contribution in [2.75, 3.05) is 5.73 Å². The quantitative estimate of drug-likeness (QED) is 0.801. The number of nitrogen functional groups attached to an aromatic ring is 1. The molecule has 5 nitrogen and oxygen atoms in total. The zero-order valence-electron chi connectivity index (χ0n) is 6.44. The normalized spacial score (nSPS) is 10.2. The standard InChI is InChI=1S/C7H5IN4O/c8-6-1-5(12-13-6)4-2-10-7(9)11-3-4/h1-3H,(H2,9,10,11). The fourth-order valence-corrected chi connectivity index (χ4v) is 1.25. The SMILES string of the molecule is Nc1ncc(-c2cc(I)on2)cn1. The van der Waals surface area contributed by atoms with E-state index in [1.165, 1.54) is 0 Å². The molecule has 0 bridgehead atoms. The lowest BCUT2D eigenvalue weighted by Crippen LogP contribution is -1.93. The second-order valence-corrected chi connectivity index (χ2v) is 3.41. The molecule has 6 heteroatoms. The number of anilines is 1. The van der Waals surface area contributed by atoms with Crippen molar-refractivity contribution in [2.45, 2.75) is 0 Å². The third-order valence-electron chi connectivity index (χ3n) is 1.45. The Morgan fingerprint density at radius 3 is 2.54 bits per heavy atom. The summed E-state index contributed by atoms with van der Waals surface area (Å²) >= 11 is 2.04. The summed E-state index contributed by atoms with van der Waals surface area (Å²) in [6, 6.07) is 1.80. The molecule has 0 aliphatic heterocycles. The smallest absolute Gasteiger partial charge is 0.219 e. The minimum absolute atomic E-state index is 0.252. The molecule has 2 rings (SSSR count). The monoisotopic (exact) mass is 288 g/mol. The Morgan fingerprint density at radius 1 is 1.31 bits per heavy atom. The molecule has 13 heavy (non-hydrogen) atoms. The summed E-state index contributed by atoms with van der Waals surface area (Å²) in [5, 5.41) is 3.81. The molecule has 2 N–H and O–H groups in total. The number of hydrogen-bond donors (Lipinski definition) is 1. The molecule has 0 saturated heterocycles. The second-order valence-electron chi connectivity index (χ2n) is 2.35. The van der Waals surface area contributed by atoms with Crippen LogP contribution in [-0.4, -0.2) is 15.1 Å². The number of nitrogens with two attached hydrogens (primary N) is 1. The summed E-state index contributed by atoms with van der Waals surface area (Å²) in [7, 11) is 0. The van der Waals surface area contributed by atoms with E-state index in [2.05, 4.69) is 15.1 Å². The first-order valence-corrected chi connectivity index (χ1v) is 4.54. The van der Waals surface area contributed by atoms with Crippen molar-refractivity contribution in [3.05, 3.63) is 22.2 Å². The van der Waals surface area contributed by atoms with E-state index >= 15 is 0 Å². The highest BCUT2D eigenvalue weighted by molar-refractivity contribution is 14.1. The van der Waals surface area contributed by atoms with Gasteiger partial charge in [0, 0.05) is 46.6 Å². The summed E-state index contributed by atoms with van der Waals surface area (Å²) in [6.07, 6.45) is 3.21. The van der Waals surface area contributed by atoms with Crippen molar-refractivity contribution in [1.29, 1.82) is 0 Å². The zero-order valence-corrected chi connectivity index (χ0v) is 8.59. The van der Waals surface area contributed by atoms with E-state index in [9.17, 15) is 0 Å². The number of rotatable bonds is 1. The largest absolute Gasteiger partial charge is 0.368 e. The maximum atomic E-state index is 5.34. The summed E-state index contributed by atoms with van der Waals surface area (Å²) in [5.74, 6) is 0.252. The lowest BCUT2D eigenvalue weighted by molar-refractivity contribution is 0.400. The van der Waals surface area contributed by atoms with E-state index < -0.39 is 0 Å². The van der Waals surface area contributed by atoms with Crippen LogP contribution in [0.25, 0.3) is 11.3 Å². The van der Waals surface area contributed by atoms with Crippen molar-refractivity contribution in [3.63, 3.8) is 0 Å². The second kappa shape index (κ2) is 3.29. The Bertz CT molecular complexity index is 411. The van der Waals surface area contributed by atoms with Gasteiger partial charge in [0.15, 0.2) is 3.77 Å². The van der Waals surface area contributed by atoms with Crippen molar-refractivity contribution >= 4 is 28.5 Å². The van der Waals surface area contributed by atoms with Crippen molar-refractivity contribution < 1.29 is 4.52 Å². The molecule has 0 aliphatic carbocycles. The van der Waals surface area contributed by atoms with Crippen LogP contribution in [0.1, 0.15) is 0 Å². The van der Waals surface area contributed by atoms with Crippen LogP contribution in [0.2, 0.25) is 0 Å². The number of aromatic nitrogens is 3. The van der Waals surface area contributed by atoms with Gasteiger partial charge in [0.05, 0.1) is 0 Å². The molecular weight excluding hydrogens is 283 g/mol. The van der Waals surface area contributed by atoms with Gasteiger partial charge in [-0.05, 0) is 0 Å². The third-order valence-corrected chi connectivity index (χ3v) is 1.96. The van der Waals surface area contributed by atoms with E-state index in [0.717, 1.165) is 9.33 Å². The topological polar surface area (TPSA) is 77.8 Å². The molecule has 0 amide bonds. The molecule has 0 radical (unpaired) electrons. The molecule has 2 heterocycles. The number of halogens is 1. The van der Waals surface area contributed by atoms with Crippen LogP contribution in [0.3, 0.4) is 0 Å². The van der Waals surface area contributed by atoms with Crippen LogP contribution < -0.4 is 5.73 Å². The lowest BCUT2D eigenvalue weighted by atomic mass is 10.2. The fourth-order valence-electron chi connectivity index (χ4n) is 0.859. The minimum Gasteiger partial charge on any atom is -0.368 e. The minimum atomic E-state index is 0.252. The highest BCUT2D eigenvalue weighted by Crippen LogP contribution is 2.18. The van der Waals surface area contributed by atoms with Gasteiger partial charge in [0.2, 0.25) is 5.95 Å². The summed E-state index contributed by atoms with van der Waals surface area (Å²) in [5.41, 5.74) is 6.85. The number of nitrogens with zero attached hydrogens (tertiary/aromatic N) is 3. The van der Waals surface area contributed by atoms with Gasteiger partial charge < -0.3 is 10.3 Å². The first-order chi connectivity index (χ1) is 6.25. The van der Waals surface area contributed by atoms with Crippen molar-refractivity contribution in [2.24, 2.45) is 0 Å². The predicted octanol–water partition coefficient (Wildman–Crippen LogP) is 1.32. The Kier molecular flexibility index (Phi) is 2.13. The first-order valence-electron chi connectivity index (χ1n) is 3.46. The Balaban J connectivity index is 2.41. The predicted molar refractivity (Wildman–Crippen MR) is 54.7 cm³/mol. The Morgan fingerprint density at radius 2 is 2.00 bits per heavy atom. The third kappa shape index (κ3) is 1.77. The maximum Gasteiger partial charge on any atom is 0.219 e. The average Bonchev–Trinajstić information content (AvgIpc) is 2.53. The van der Waals surface area contributed by atoms with Gasteiger partial charge in [0.1, 0.15) is 5.69 Å². The Labute approximate surface area is 87.5 Å². The van der Waals surface area contributed by atoms with Gasteiger partial charge >= 0.3 is 0 Å². The maximum absolute atomic E-state index is 5.34. The highest BCUT2D eigenvalue weighted by Gasteiger charge is 2.04. The molecule has 0 fully saturated rings. The summed E-state index contributed by atoms with van der Waals surface area (Å²) in [6.45, 7) is 0. The first kappa shape index (κ1) is 8.42. The van der Waals surface area contributed by atoms with Gasteiger partial charge in [-0.2, -0.15) is 0 Å². The van der Waals surface area contributed by atoms with Crippen LogP contribution in [0.4, 0.5) is 5.95 Å². The molecule has 0 atom stereocenters. The van der Waals surface area contributed by atoms with E-state index in [-0.39, 0.29) is 5.95 Å². The molecule has 2 aromatic heterocycles. The van der Waals surface area contributed by atoms with Crippen molar-refractivity contribution in [1.82, 2.24) is 15.1 Å². The van der Waals surface area contributed by atoms with Crippen LogP contribution >= 0.6 is 22.6 Å².